The molecule has 4 rings (SSSR count). The molecule has 25 heavy (non-hydrogen) atoms. The molecule has 132 valence electrons. The number of benzene rings is 1. The maximum absolute atomic E-state index is 13.1. The van der Waals surface area contributed by atoms with E-state index in [4.69, 9.17) is 4.74 Å². The largest absolute Gasteiger partial charge is 0.497 e. The zero-order valence-corrected chi connectivity index (χ0v) is 14.4. The molecule has 2 aliphatic rings. The van der Waals surface area contributed by atoms with Gasteiger partial charge in [0.15, 0.2) is 0 Å². The number of carboxylic acids is 1. The van der Waals surface area contributed by atoms with Crippen LogP contribution in [0.3, 0.4) is 0 Å². The van der Waals surface area contributed by atoms with Crippen LogP contribution in [-0.4, -0.2) is 46.1 Å². The van der Waals surface area contributed by atoms with E-state index >= 15 is 0 Å². The summed E-state index contributed by atoms with van der Waals surface area (Å²) in [5.41, 5.74) is 0.585. The smallest absolute Gasteiger partial charge is 0.311 e. The van der Waals surface area contributed by atoms with Crippen molar-refractivity contribution in [2.45, 2.75) is 44.7 Å². The van der Waals surface area contributed by atoms with Gasteiger partial charge in [-0.2, -0.15) is 0 Å². The van der Waals surface area contributed by atoms with E-state index in [-0.39, 0.29) is 18.0 Å². The predicted molar refractivity (Wildman–Crippen MR) is 92.8 cm³/mol. The first-order valence-electron chi connectivity index (χ1n) is 8.73. The molecule has 1 aromatic heterocycles. The minimum Gasteiger partial charge on any atom is -0.497 e. The van der Waals surface area contributed by atoms with Crippen molar-refractivity contribution in [2.24, 2.45) is 5.41 Å². The van der Waals surface area contributed by atoms with Crippen LogP contribution in [0.4, 0.5) is 0 Å². The molecule has 6 nitrogen and oxygen atoms in total. The van der Waals surface area contributed by atoms with Gasteiger partial charge in [0.05, 0.1) is 12.5 Å². The number of hydrogen-bond donors (Lipinski definition) is 2. The van der Waals surface area contributed by atoms with Crippen LogP contribution in [0, 0.1) is 5.41 Å². The van der Waals surface area contributed by atoms with Crippen LogP contribution in [0.25, 0.3) is 10.9 Å². The lowest BCUT2D eigenvalue weighted by Crippen LogP contribution is -2.44. The number of carbonyl (C=O) groups is 2. The van der Waals surface area contributed by atoms with Gasteiger partial charge in [-0.15, -0.1) is 0 Å². The number of fused-ring (bicyclic) bond motifs is 3. The summed E-state index contributed by atoms with van der Waals surface area (Å²) in [7, 11) is 1.61. The topological polar surface area (TPSA) is 82.6 Å². The second-order valence-electron chi connectivity index (χ2n) is 7.11. The van der Waals surface area contributed by atoms with Crippen LogP contribution in [0.15, 0.2) is 24.3 Å². The number of hydrogen-bond acceptors (Lipinski definition) is 3. The fourth-order valence-electron chi connectivity index (χ4n) is 4.74. The predicted octanol–water partition coefficient (Wildman–Crippen LogP) is 3.03. The Morgan fingerprint density at radius 2 is 2.16 bits per heavy atom. The SMILES string of the molecule is CC[C@@]1(C(=O)O)C[C@@H]2CC[C@H]1N2C(=O)c1cc2cc(OC)ccc2[nH]1. The molecule has 2 N–H and O–H groups in total. The van der Waals surface area contributed by atoms with Crippen LogP contribution in [0.5, 0.6) is 5.75 Å². The fourth-order valence-corrected chi connectivity index (χ4v) is 4.74. The summed E-state index contributed by atoms with van der Waals surface area (Å²) in [6, 6.07) is 7.25. The lowest BCUT2D eigenvalue weighted by atomic mass is 9.72. The Labute approximate surface area is 145 Å². The summed E-state index contributed by atoms with van der Waals surface area (Å²) in [6.07, 6.45) is 2.77. The summed E-state index contributed by atoms with van der Waals surface area (Å²) in [6.45, 7) is 1.91. The van der Waals surface area contributed by atoms with Crippen molar-refractivity contribution < 1.29 is 19.4 Å². The molecule has 3 atom stereocenters. The van der Waals surface area contributed by atoms with Gasteiger partial charge in [0, 0.05) is 23.0 Å². The number of aliphatic carboxylic acids is 1. The Balaban J connectivity index is 1.69. The van der Waals surface area contributed by atoms with Crippen molar-refractivity contribution in [1.29, 1.82) is 0 Å². The fraction of sp³-hybridized carbons (Fsp3) is 0.474. The number of aromatic amines is 1. The molecule has 2 fully saturated rings. The normalized spacial score (nSPS) is 27.8. The molecule has 6 heteroatoms. The van der Waals surface area contributed by atoms with E-state index in [2.05, 4.69) is 4.98 Å². The van der Waals surface area contributed by atoms with Crippen molar-refractivity contribution in [3.63, 3.8) is 0 Å². The molecule has 2 saturated heterocycles. The van der Waals surface area contributed by atoms with E-state index in [1.165, 1.54) is 0 Å². The number of methoxy groups -OCH3 is 1. The van der Waals surface area contributed by atoms with Crippen molar-refractivity contribution in [3.05, 3.63) is 30.0 Å². The number of amides is 1. The van der Waals surface area contributed by atoms with Gasteiger partial charge >= 0.3 is 5.97 Å². The average Bonchev–Trinajstić information content (AvgIpc) is 3.31. The highest BCUT2D eigenvalue weighted by Gasteiger charge is 2.60. The third kappa shape index (κ3) is 2.16. The highest BCUT2D eigenvalue weighted by atomic mass is 16.5. The van der Waals surface area contributed by atoms with Crippen LogP contribution >= 0.6 is 0 Å². The molecular weight excluding hydrogens is 320 g/mol. The number of carboxylic acid groups (broad SMARTS) is 1. The van der Waals surface area contributed by atoms with E-state index in [1.807, 2.05) is 36.1 Å². The van der Waals surface area contributed by atoms with Gasteiger partial charge in [-0.25, -0.2) is 0 Å². The average molecular weight is 342 g/mol. The number of ether oxygens (including phenoxy) is 1. The number of nitrogens with zero attached hydrogens (tertiary/aromatic N) is 1. The summed E-state index contributed by atoms with van der Waals surface area (Å²) in [4.78, 5) is 30.0. The Bertz CT molecular complexity index is 858. The van der Waals surface area contributed by atoms with Gasteiger partial charge in [0.25, 0.3) is 5.91 Å². The number of nitrogens with one attached hydrogen (secondary N) is 1. The molecule has 1 amide bonds. The Kier molecular flexibility index (Phi) is 3.52. The number of aromatic nitrogens is 1. The van der Waals surface area contributed by atoms with Crippen LogP contribution in [0.2, 0.25) is 0 Å². The number of rotatable bonds is 4. The molecule has 2 aliphatic heterocycles. The second-order valence-corrected chi connectivity index (χ2v) is 7.11. The van der Waals surface area contributed by atoms with Gasteiger partial charge in [-0.1, -0.05) is 6.92 Å². The van der Waals surface area contributed by atoms with E-state index < -0.39 is 11.4 Å². The summed E-state index contributed by atoms with van der Waals surface area (Å²) >= 11 is 0. The molecule has 0 radical (unpaired) electrons. The van der Waals surface area contributed by atoms with E-state index in [0.717, 1.165) is 29.5 Å². The summed E-state index contributed by atoms with van der Waals surface area (Å²) in [5.74, 6) is -0.136. The van der Waals surface area contributed by atoms with E-state index in [0.29, 0.717) is 18.5 Å². The van der Waals surface area contributed by atoms with E-state index in [1.54, 1.807) is 7.11 Å². The Hall–Kier alpha value is -2.50. The molecule has 0 saturated carbocycles. The van der Waals surface area contributed by atoms with Crippen molar-refractivity contribution in [3.8, 4) is 5.75 Å². The second kappa shape index (κ2) is 5.51. The number of carbonyl (C=O) groups excluding carboxylic acids is 1. The maximum atomic E-state index is 13.1. The molecule has 1 aromatic carbocycles. The minimum absolute atomic E-state index is 0.0227. The van der Waals surface area contributed by atoms with Crippen molar-refractivity contribution in [2.75, 3.05) is 7.11 Å². The standard InChI is InChI=1S/C19H22N2O4/c1-3-19(18(23)24)10-12-4-7-16(19)21(12)17(22)15-9-11-8-13(25-2)5-6-14(11)20-15/h5-6,8-9,12,16,20H,3-4,7,10H2,1-2H3,(H,23,24)/t12-,16+,19+/m0/s1. The lowest BCUT2D eigenvalue weighted by molar-refractivity contribution is -0.151. The first kappa shape index (κ1) is 16.0. The Morgan fingerprint density at radius 1 is 1.36 bits per heavy atom. The third-order valence-electron chi connectivity index (χ3n) is 6.09. The van der Waals surface area contributed by atoms with Gasteiger partial charge in [0.2, 0.25) is 0 Å². The van der Waals surface area contributed by atoms with Gasteiger partial charge in [-0.3, -0.25) is 9.59 Å². The zero-order valence-electron chi connectivity index (χ0n) is 14.4. The Morgan fingerprint density at radius 3 is 2.80 bits per heavy atom. The van der Waals surface area contributed by atoms with Crippen LogP contribution in [0.1, 0.15) is 43.1 Å². The molecule has 2 aromatic rings. The summed E-state index contributed by atoms with van der Waals surface area (Å²) in [5, 5.41) is 10.7. The molecular formula is C19H22N2O4. The molecule has 3 heterocycles. The molecule has 0 unspecified atom stereocenters. The summed E-state index contributed by atoms with van der Waals surface area (Å²) < 4.78 is 5.23. The van der Waals surface area contributed by atoms with Crippen molar-refractivity contribution in [1.82, 2.24) is 9.88 Å². The lowest BCUT2D eigenvalue weighted by Gasteiger charge is -2.32. The quantitative estimate of drug-likeness (QED) is 0.895. The first-order chi connectivity index (χ1) is 12.0. The van der Waals surface area contributed by atoms with Crippen molar-refractivity contribution >= 4 is 22.8 Å². The highest BCUT2D eigenvalue weighted by molar-refractivity contribution is 5.99. The van der Waals surface area contributed by atoms with Crippen LogP contribution in [-0.2, 0) is 4.79 Å². The molecule has 2 bridgehead atoms. The first-order valence-corrected chi connectivity index (χ1v) is 8.73. The number of H-pyrrole nitrogens is 1. The van der Waals surface area contributed by atoms with Crippen LogP contribution < -0.4 is 4.74 Å². The van der Waals surface area contributed by atoms with Gasteiger partial charge in [0.1, 0.15) is 11.4 Å². The highest BCUT2D eigenvalue weighted by Crippen LogP contribution is 2.52. The zero-order chi connectivity index (χ0) is 17.8. The third-order valence-corrected chi connectivity index (χ3v) is 6.09. The molecule has 0 spiro atoms. The monoisotopic (exact) mass is 342 g/mol. The van der Waals surface area contributed by atoms with E-state index in [9.17, 15) is 14.7 Å². The maximum Gasteiger partial charge on any atom is 0.311 e. The molecule has 0 aliphatic carbocycles. The minimum atomic E-state index is -0.798. The van der Waals surface area contributed by atoms with Gasteiger partial charge < -0.3 is 19.7 Å². The van der Waals surface area contributed by atoms with Gasteiger partial charge in [-0.05, 0) is 49.9 Å².